The van der Waals surface area contributed by atoms with Crippen LogP contribution < -0.4 is 5.32 Å². The summed E-state index contributed by atoms with van der Waals surface area (Å²) in [6.45, 7) is 7.69. The van der Waals surface area contributed by atoms with Crippen LogP contribution in [0.15, 0.2) is 0 Å². The lowest BCUT2D eigenvalue weighted by molar-refractivity contribution is 0.0920. The maximum atomic E-state index is 3.57. The van der Waals surface area contributed by atoms with Crippen molar-refractivity contribution in [2.24, 2.45) is 11.8 Å². The van der Waals surface area contributed by atoms with Crippen LogP contribution in [-0.2, 0) is 0 Å². The normalized spacial score (nSPS) is 43.4. The molecule has 0 spiro atoms. The summed E-state index contributed by atoms with van der Waals surface area (Å²) >= 11 is 0. The van der Waals surface area contributed by atoms with Gasteiger partial charge in [0.05, 0.1) is 0 Å². The molecule has 0 radical (unpaired) electrons. The van der Waals surface area contributed by atoms with E-state index in [4.69, 9.17) is 0 Å². The molecule has 3 rings (SSSR count). The van der Waals surface area contributed by atoms with E-state index in [2.05, 4.69) is 22.2 Å². The zero-order valence-electron chi connectivity index (χ0n) is 9.78. The molecule has 0 aromatic carbocycles. The maximum absolute atomic E-state index is 3.57. The average molecular weight is 209 g/mol. The van der Waals surface area contributed by atoms with E-state index < -0.39 is 0 Å². The molecule has 0 unspecified atom stereocenters. The number of hydrogen-bond acceptors (Lipinski definition) is 3. The van der Waals surface area contributed by atoms with Crippen molar-refractivity contribution in [3.63, 3.8) is 0 Å². The summed E-state index contributed by atoms with van der Waals surface area (Å²) < 4.78 is 0. The van der Waals surface area contributed by atoms with Crippen molar-refractivity contribution < 1.29 is 0 Å². The highest BCUT2D eigenvalue weighted by atomic mass is 15.3. The smallest absolute Gasteiger partial charge is 0.0140 e. The third-order valence-electron chi connectivity index (χ3n) is 4.73. The van der Waals surface area contributed by atoms with Crippen molar-refractivity contribution in [3.05, 3.63) is 0 Å². The fourth-order valence-electron chi connectivity index (χ4n) is 3.73. The Hall–Kier alpha value is -0.120. The molecule has 1 aliphatic carbocycles. The molecule has 2 saturated heterocycles. The van der Waals surface area contributed by atoms with Crippen LogP contribution in [0.1, 0.15) is 12.8 Å². The van der Waals surface area contributed by atoms with Crippen molar-refractivity contribution in [1.29, 1.82) is 0 Å². The van der Waals surface area contributed by atoms with E-state index in [9.17, 15) is 0 Å². The van der Waals surface area contributed by atoms with Crippen LogP contribution in [0.25, 0.3) is 0 Å². The largest absolute Gasteiger partial charge is 0.316 e. The second-order valence-electron chi connectivity index (χ2n) is 5.57. The first-order chi connectivity index (χ1) is 7.34. The molecule has 86 valence electrons. The quantitative estimate of drug-likeness (QED) is 0.667. The molecule has 3 fully saturated rings. The van der Waals surface area contributed by atoms with Crippen LogP contribution >= 0.6 is 0 Å². The number of fused-ring (bicyclic) bond motifs is 1. The van der Waals surface area contributed by atoms with Crippen LogP contribution in [0.3, 0.4) is 0 Å². The minimum atomic E-state index is 0.902. The molecule has 2 heterocycles. The van der Waals surface area contributed by atoms with Crippen LogP contribution in [-0.4, -0.2) is 62.2 Å². The van der Waals surface area contributed by atoms with Gasteiger partial charge in [0.25, 0.3) is 0 Å². The summed E-state index contributed by atoms with van der Waals surface area (Å²) in [5.41, 5.74) is 0. The monoisotopic (exact) mass is 209 g/mol. The zero-order chi connectivity index (χ0) is 10.3. The molecule has 15 heavy (non-hydrogen) atoms. The van der Waals surface area contributed by atoms with Gasteiger partial charge in [-0.3, -0.25) is 4.90 Å². The van der Waals surface area contributed by atoms with Crippen molar-refractivity contribution in [3.8, 4) is 0 Å². The Balaban J connectivity index is 1.62. The van der Waals surface area contributed by atoms with E-state index in [1.54, 1.807) is 0 Å². The Morgan fingerprint density at radius 3 is 2.60 bits per heavy atom. The van der Waals surface area contributed by atoms with Gasteiger partial charge in [-0.25, -0.2) is 0 Å². The molecule has 2 aliphatic heterocycles. The molecule has 3 nitrogen and oxygen atoms in total. The lowest BCUT2D eigenvalue weighted by Gasteiger charge is -2.38. The van der Waals surface area contributed by atoms with Gasteiger partial charge in [0.1, 0.15) is 0 Å². The van der Waals surface area contributed by atoms with Crippen LogP contribution in [0.5, 0.6) is 0 Å². The number of piperazine rings is 1. The van der Waals surface area contributed by atoms with Crippen molar-refractivity contribution in [2.45, 2.75) is 18.9 Å². The molecular weight excluding hydrogens is 186 g/mol. The SMILES string of the molecule is CN1CCN([C@@H]2CC[C@H]3CNC[C@@H]32)CC1. The van der Waals surface area contributed by atoms with Gasteiger partial charge < -0.3 is 10.2 Å². The van der Waals surface area contributed by atoms with Crippen LogP contribution in [0.4, 0.5) is 0 Å². The van der Waals surface area contributed by atoms with Gasteiger partial charge in [0, 0.05) is 32.2 Å². The fraction of sp³-hybridized carbons (Fsp3) is 1.00. The Labute approximate surface area is 92.8 Å². The number of nitrogens with zero attached hydrogens (tertiary/aromatic N) is 2. The van der Waals surface area contributed by atoms with Gasteiger partial charge in [-0.2, -0.15) is 0 Å². The molecule has 0 aromatic rings. The molecule has 0 amide bonds. The summed E-state index contributed by atoms with van der Waals surface area (Å²) in [5, 5.41) is 3.57. The number of likely N-dealkylation sites (N-methyl/N-ethyl adjacent to an activating group) is 1. The van der Waals surface area contributed by atoms with E-state index in [-0.39, 0.29) is 0 Å². The highest BCUT2D eigenvalue weighted by molar-refractivity contribution is 4.97. The van der Waals surface area contributed by atoms with Crippen LogP contribution in [0, 0.1) is 11.8 Å². The summed E-state index contributed by atoms with van der Waals surface area (Å²) in [4.78, 5) is 5.22. The predicted molar refractivity (Wildman–Crippen MR) is 61.9 cm³/mol. The zero-order valence-corrected chi connectivity index (χ0v) is 9.78. The lowest BCUT2D eigenvalue weighted by Crippen LogP contribution is -2.50. The van der Waals surface area contributed by atoms with Gasteiger partial charge in [-0.15, -0.1) is 0 Å². The summed E-state index contributed by atoms with van der Waals surface area (Å²) in [5.74, 6) is 1.96. The highest BCUT2D eigenvalue weighted by Crippen LogP contribution is 2.37. The Kier molecular flexibility index (Phi) is 2.71. The first-order valence-electron chi connectivity index (χ1n) is 6.48. The summed E-state index contributed by atoms with van der Waals surface area (Å²) in [6.07, 6.45) is 2.93. The van der Waals surface area contributed by atoms with Crippen LogP contribution in [0.2, 0.25) is 0 Å². The molecule has 1 saturated carbocycles. The number of hydrogen-bond donors (Lipinski definition) is 1. The van der Waals surface area contributed by atoms with Crippen molar-refractivity contribution in [1.82, 2.24) is 15.1 Å². The number of rotatable bonds is 1. The van der Waals surface area contributed by atoms with Gasteiger partial charge >= 0.3 is 0 Å². The molecule has 3 atom stereocenters. The molecule has 1 N–H and O–H groups in total. The fourth-order valence-corrected chi connectivity index (χ4v) is 3.73. The minimum absolute atomic E-state index is 0.902. The van der Waals surface area contributed by atoms with Gasteiger partial charge in [-0.1, -0.05) is 0 Å². The van der Waals surface area contributed by atoms with E-state index in [0.29, 0.717) is 0 Å². The molecule has 0 aromatic heterocycles. The molecule has 3 aliphatic rings. The van der Waals surface area contributed by atoms with Crippen molar-refractivity contribution >= 4 is 0 Å². The minimum Gasteiger partial charge on any atom is -0.316 e. The standard InChI is InChI=1S/C12H23N3/c1-14-4-6-15(7-5-14)12-3-2-10-8-13-9-11(10)12/h10-13H,2-9H2,1H3/t10-,11-,12+/m0/s1. The highest BCUT2D eigenvalue weighted by Gasteiger charge is 2.41. The maximum Gasteiger partial charge on any atom is 0.0140 e. The van der Waals surface area contributed by atoms with Gasteiger partial charge in [0.15, 0.2) is 0 Å². The molecule has 0 bridgehead atoms. The lowest BCUT2D eigenvalue weighted by atomic mass is 9.96. The van der Waals surface area contributed by atoms with Gasteiger partial charge in [0.2, 0.25) is 0 Å². The molecular formula is C12H23N3. The van der Waals surface area contributed by atoms with E-state index >= 15 is 0 Å². The average Bonchev–Trinajstić information content (AvgIpc) is 2.80. The van der Waals surface area contributed by atoms with Crippen molar-refractivity contribution in [2.75, 3.05) is 46.3 Å². The Bertz CT molecular complexity index is 223. The third-order valence-corrected chi connectivity index (χ3v) is 4.73. The van der Waals surface area contributed by atoms with E-state index in [0.717, 1.165) is 17.9 Å². The predicted octanol–water partition coefficient (Wildman–Crippen LogP) is 0.232. The summed E-state index contributed by atoms with van der Waals surface area (Å²) in [7, 11) is 2.24. The van der Waals surface area contributed by atoms with E-state index in [1.807, 2.05) is 0 Å². The second-order valence-corrected chi connectivity index (χ2v) is 5.57. The Morgan fingerprint density at radius 2 is 1.80 bits per heavy atom. The topological polar surface area (TPSA) is 18.5 Å². The first-order valence-corrected chi connectivity index (χ1v) is 6.48. The van der Waals surface area contributed by atoms with Gasteiger partial charge in [-0.05, 0) is 44.8 Å². The van der Waals surface area contributed by atoms with E-state index in [1.165, 1.54) is 52.1 Å². The number of nitrogens with one attached hydrogen (secondary N) is 1. The third kappa shape index (κ3) is 1.81. The summed E-state index contributed by atoms with van der Waals surface area (Å²) in [6, 6.07) is 0.902. The first kappa shape index (κ1) is 10.1. The molecule has 3 heteroatoms. The Morgan fingerprint density at radius 1 is 1.00 bits per heavy atom. The second kappa shape index (κ2) is 4.04.